The number of nitrogens with one attached hydrogen (secondary N) is 1. The maximum atomic E-state index is 11.8. The smallest absolute Gasteiger partial charge is 0.230 e. The monoisotopic (exact) mass is 253 g/mol. The maximum Gasteiger partial charge on any atom is 0.230 e. The molecule has 19 heavy (non-hydrogen) atoms. The van der Waals surface area contributed by atoms with Crippen molar-refractivity contribution in [2.75, 3.05) is 11.9 Å². The first-order valence-corrected chi connectivity index (χ1v) is 6.37. The van der Waals surface area contributed by atoms with Crippen LogP contribution in [0.4, 0.5) is 5.69 Å². The molecule has 0 spiro atoms. The number of rotatable bonds is 1. The molecule has 0 radical (unpaired) electrons. The first kappa shape index (κ1) is 11.8. The summed E-state index contributed by atoms with van der Waals surface area (Å²) in [6.45, 7) is 2.28. The molecular weight excluding hydrogens is 238 g/mol. The molecule has 1 N–H and O–H groups in total. The van der Waals surface area contributed by atoms with E-state index in [0.717, 1.165) is 22.6 Å². The van der Waals surface area contributed by atoms with E-state index in [1.807, 2.05) is 55.5 Å². The molecule has 0 saturated heterocycles. The molecule has 3 heteroatoms. The predicted octanol–water partition coefficient (Wildman–Crippen LogP) is 3.32. The lowest BCUT2D eigenvalue weighted by atomic mass is 10.0. The fourth-order valence-corrected chi connectivity index (χ4v) is 2.11. The number of anilines is 1. The summed E-state index contributed by atoms with van der Waals surface area (Å²) in [5, 5.41) is 2.92. The average molecular weight is 253 g/mol. The SMILES string of the molecule is CC1COc2ccc(-c3ccccc3)cc2NC1=O. The summed E-state index contributed by atoms with van der Waals surface area (Å²) < 4.78 is 5.64. The van der Waals surface area contributed by atoms with Gasteiger partial charge in [-0.3, -0.25) is 4.79 Å². The van der Waals surface area contributed by atoms with Gasteiger partial charge in [-0.1, -0.05) is 43.3 Å². The Morgan fingerprint density at radius 1 is 1.11 bits per heavy atom. The van der Waals surface area contributed by atoms with E-state index in [9.17, 15) is 4.79 Å². The molecule has 3 nitrogen and oxygen atoms in total. The largest absolute Gasteiger partial charge is 0.491 e. The number of carbonyl (C=O) groups excluding carboxylic acids is 1. The Morgan fingerprint density at radius 3 is 2.68 bits per heavy atom. The van der Waals surface area contributed by atoms with Crippen LogP contribution in [0.15, 0.2) is 48.5 Å². The van der Waals surface area contributed by atoms with E-state index in [1.54, 1.807) is 0 Å². The molecule has 2 aromatic carbocycles. The van der Waals surface area contributed by atoms with E-state index in [4.69, 9.17) is 4.74 Å². The lowest BCUT2D eigenvalue weighted by Gasteiger charge is -2.09. The lowest BCUT2D eigenvalue weighted by molar-refractivity contribution is -0.119. The van der Waals surface area contributed by atoms with Gasteiger partial charge in [0.15, 0.2) is 0 Å². The van der Waals surface area contributed by atoms with Crippen LogP contribution in [0.2, 0.25) is 0 Å². The van der Waals surface area contributed by atoms with Crippen LogP contribution in [0.1, 0.15) is 6.92 Å². The summed E-state index contributed by atoms with van der Waals surface area (Å²) in [5.41, 5.74) is 2.94. The number of benzene rings is 2. The van der Waals surface area contributed by atoms with Gasteiger partial charge in [0.1, 0.15) is 5.75 Å². The molecule has 1 atom stereocenters. The van der Waals surface area contributed by atoms with Crippen LogP contribution in [0.25, 0.3) is 11.1 Å². The van der Waals surface area contributed by atoms with Gasteiger partial charge in [0.25, 0.3) is 0 Å². The fraction of sp³-hybridized carbons (Fsp3) is 0.188. The van der Waals surface area contributed by atoms with Crippen molar-refractivity contribution in [1.82, 2.24) is 0 Å². The highest BCUT2D eigenvalue weighted by atomic mass is 16.5. The number of carbonyl (C=O) groups is 1. The topological polar surface area (TPSA) is 38.3 Å². The minimum absolute atomic E-state index is 0.00367. The van der Waals surface area contributed by atoms with Gasteiger partial charge < -0.3 is 10.1 Å². The molecule has 0 saturated carbocycles. The quantitative estimate of drug-likeness (QED) is 0.846. The molecule has 2 aromatic rings. The molecule has 1 aliphatic heterocycles. The Hall–Kier alpha value is -2.29. The maximum absolute atomic E-state index is 11.8. The van der Waals surface area contributed by atoms with Crippen molar-refractivity contribution in [2.24, 2.45) is 5.92 Å². The lowest BCUT2D eigenvalue weighted by Crippen LogP contribution is -2.22. The van der Waals surface area contributed by atoms with Gasteiger partial charge in [0.05, 0.1) is 18.2 Å². The van der Waals surface area contributed by atoms with E-state index >= 15 is 0 Å². The highest BCUT2D eigenvalue weighted by molar-refractivity contribution is 5.95. The van der Waals surface area contributed by atoms with Crippen molar-refractivity contribution in [1.29, 1.82) is 0 Å². The third-order valence-electron chi connectivity index (χ3n) is 3.28. The van der Waals surface area contributed by atoms with Gasteiger partial charge in [-0.25, -0.2) is 0 Å². The highest BCUT2D eigenvalue weighted by Gasteiger charge is 2.20. The zero-order chi connectivity index (χ0) is 13.2. The minimum atomic E-state index is -0.132. The normalized spacial score (nSPS) is 17.9. The van der Waals surface area contributed by atoms with Crippen molar-refractivity contribution in [3.8, 4) is 16.9 Å². The second-order valence-electron chi connectivity index (χ2n) is 4.78. The van der Waals surface area contributed by atoms with E-state index in [0.29, 0.717) is 6.61 Å². The van der Waals surface area contributed by atoms with Crippen molar-refractivity contribution in [2.45, 2.75) is 6.92 Å². The molecule has 0 aromatic heterocycles. The van der Waals surface area contributed by atoms with Crippen LogP contribution in [0, 0.1) is 5.92 Å². The summed E-state index contributed by atoms with van der Waals surface area (Å²) in [7, 11) is 0. The molecule has 96 valence electrons. The Balaban J connectivity index is 2.00. The Labute approximate surface area is 112 Å². The van der Waals surface area contributed by atoms with Crippen molar-refractivity contribution >= 4 is 11.6 Å². The molecule has 0 fully saturated rings. The summed E-state index contributed by atoms with van der Waals surface area (Å²) in [4.78, 5) is 11.8. The average Bonchev–Trinajstić information content (AvgIpc) is 2.59. The van der Waals surface area contributed by atoms with Crippen LogP contribution >= 0.6 is 0 Å². The first-order chi connectivity index (χ1) is 9.24. The number of fused-ring (bicyclic) bond motifs is 1. The molecule has 1 unspecified atom stereocenters. The van der Waals surface area contributed by atoms with E-state index in [-0.39, 0.29) is 11.8 Å². The van der Waals surface area contributed by atoms with E-state index < -0.39 is 0 Å². The van der Waals surface area contributed by atoms with Crippen molar-refractivity contribution in [3.63, 3.8) is 0 Å². The number of hydrogen-bond donors (Lipinski definition) is 1. The van der Waals surface area contributed by atoms with Crippen LogP contribution < -0.4 is 10.1 Å². The predicted molar refractivity (Wildman–Crippen MR) is 75.2 cm³/mol. The van der Waals surface area contributed by atoms with Gasteiger partial charge in [-0.2, -0.15) is 0 Å². The van der Waals surface area contributed by atoms with Gasteiger partial charge >= 0.3 is 0 Å². The summed E-state index contributed by atoms with van der Waals surface area (Å²) >= 11 is 0. The van der Waals surface area contributed by atoms with Gasteiger partial charge in [0.2, 0.25) is 5.91 Å². The van der Waals surface area contributed by atoms with E-state index in [2.05, 4.69) is 5.32 Å². The molecule has 0 aliphatic carbocycles. The van der Waals surface area contributed by atoms with Crippen LogP contribution in [0.5, 0.6) is 5.75 Å². The van der Waals surface area contributed by atoms with E-state index in [1.165, 1.54) is 0 Å². The highest BCUT2D eigenvalue weighted by Crippen LogP contribution is 2.32. The van der Waals surface area contributed by atoms with Crippen molar-refractivity contribution in [3.05, 3.63) is 48.5 Å². The van der Waals surface area contributed by atoms with Crippen LogP contribution in [0.3, 0.4) is 0 Å². The Bertz CT molecular complexity index is 607. The number of hydrogen-bond acceptors (Lipinski definition) is 2. The molecule has 3 rings (SSSR count). The summed E-state index contributed by atoms with van der Waals surface area (Å²) in [5.74, 6) is 0.605. The molecule has 0 bridgehead atoms. The van der Waals surface area contributed by atoms with Gasteiger partial charge in [-0.15, -0.1) is 0 Å². The molecule has 1 heterocycles. The number of amides is 1. The third-order valence-corrected chi connectivity index (χ3v) is 3.28. The summed E-state index contributed by atoms with van der Waals surface area (Å²) in [6.07, 6.45) is 0. The number of ether oxygens (including phenoxy) is 1. The van der Waals surface area contributed by atoms with Crippen LogP contribution in [-0.4, -0.2) is 12.5 Å². The van der Waals surface area contributed by atoms with Crippen LogP contribution in [-0.2, 0) is 4.79 Å². The molecular formula is C16H15NO2. The van der Waals surface area contributed by atoms with Gasteiger partial charge in [-0.05, 0) is 23.3 Å². The molecule has 1 amide bonds. The Morgan fingerprint density at radius 2 is 1.89 bits per heavy atom. The Kier molecular flexibility index (Phi) is 2.95. The standard InChI is InChI=1S/C16H15NO2/c1-11-10-19-15-8-7-13(9-14(15)17-16(11)18)12-5-3-2-4-6-12/h2-9,11H,10H2,1H3,(H,17,18). The second-order valence-corrected chi connectivity index (χ2v) is 4.78. The fourth-order valence-electron chi connectivity index (χ4n) is 2.11. The zero-order valence-electron chi connectivity index (χ0n) is 10.7. The molecule has 1 aliphatic rings. The zero-order valence-corrected chi connectivity index (χ0v) is 10.7. The second kappa shape index (κ2) is 4.76. The third kappa shape index (κ3) is 2.32. The minimum Gasteiger partial charge on any atom is -0.491 e. The van der Waals surface area contributed by atoms with Crippen molar-refractivity contribution < 1.29 is 9.53 Å². The van der Waals surface area contributed by atoms with Gasteiger partial charge in [0, 0.05) is 0 Å². The summed E-state index contributed by atoms with van der Waals surface area (Å²) in [6, 6.07) is 16.0. The first-order valence-electron chi connectivity index (χ1n) is 6.37.